The maximum absolute atomic E-state index is 13.0. The monoisotopic (exact) mass is 407 g/mol. The molecule has 0 aromatic heterocycles. The number of amides is 2. The minimum Gasteiger partial charge on any atom is -0.497 e. The first kappa shape index (κ1) is 16.6. The number of carbonyl (C=O) groups excluding carboxylic acids is 3. The summed E-state index contributed by atoms with van der Waals surface area (Å²) in [6.45, 7) is 2.11. The SMILES string of the molecule is COc1ccc(CN2C(=O)C3C(Br)C4OC(=O)C(C4C)C3C2=O)cc1. The summed E-state index contributed by atoms with van der Waals surface area (Å²) in [5.41, 5.74) is 0.841. The molecule has 2 bridgehead atoms. The van der Waals surface area contributed by atoms with Crippen molar-refractivity contribution in [2.75, 3.05) is 7.11 Å². The van der Waals surface area contributed by atoms with Gasteiger partial charge in [0.25, 0.3) is 0 Å². The van der Waals surface area contributed by atoms with Crippen LogP contribution < -0.4 is 4.74 Å². The van der Waals surface area contributed by atoms with E-state index < -0.39 is 17.8 Å². The molecule has 7 heteroatoms. The van der Waals surface area contributed by atoms with Crippen molar-refractivity contribution in [3.05, 3.63) is 29.8 Å². The van der Waals surface area contributed by atoms with E-state index in [1.165, 1.54) is 4.90 Å². The van der Waals surface area contributed by atoms with Gasteiger partial charge in [-0.25, -0.2) is 0 Å². The minimum atomic E-state index is -0.628. The molecule has 6 atom stereocenters. The molecule has 0 radical (unpaired) electrons. The Kier molecular flexibility index (Phi) is 3.86. The Labute approximate surface area is 153 Å². The van der Waals surface area contributed by atoms with Gasteiger partial charge in [-0.3, -0.25) is 19.3 Å². The van der Waals surface area contributed by atoms with E-state index in [-0.39, 0.29) is 41.2 Å². The molecule has 6 unspecified atom stereocenters. The number of fused-ring (bicyclic) bond motifs is 4. The standard InChI is InChI=1S/C18H18BrNO5/c1-8-11-12-13(14(19)15(8)25-18(11)23)17(22)20(16(12)21)7-9-3-5-10(24-2)6-4-9/h3-6,8,11-15H,7H2,1-2H3. The van der Waals surface area contributed by atoms with Gasteiger partial charge in [0.2, 0.25) is 11.8 Å². The Morgan fingerprint density at radius 1 is 1.08 bits per heavy atom. The number of ether oxygens (including phenoxy) is 2. The van der Waals surface area contributed by atoms with E-state index >= 15 is 0 Å². The van der Waals surface area contributed by atoms with Crippen LogP contribution in [0.15, 0.2) is 24.3 Å². The summed E-state index contributed by atoms with van der Waals surface area (Å²) in [4.78, 5) is 39.0. The number of benzene rings is 1. The quantitative estimate of drug-likeness (QED) is 0.433. The van der Waals surface area contributed by atoms with E-state index in [1.807, 2.05) is 19.1 Å². The van der Waals surface area contributed by atoms with Crippen molar-refractivity contribution >= 4 is 33.7 Å². The highest BCUT2D eigenvalue weighted by atomic mass is 79.9. The first-order valence-electron chi connectivity index (χ1n) is 8.26. The number of halogens is 1. The van der Waals surface area contributed by atoms with Crippen LogP contribution in [-0.4, -0.2) is 40.7 Å². The first-order chi connectivity index (χ1) is 11.9. The second-order valence-electron chi connectivity index (χ2n) is 6.89. The Morgan fingerprint density at radius 2 is 1.72 bits per heavy atom. The second kappa shape index (κ2) is 5.83. The molecule has 3 fully saturated rings. The minimum absolute atomic E-state index is 0.0733. The Hall–Kier alpha value is -1.89. The third-order valence-electron chi connectivity index (χ3n) is 5.64. The zero-order chi connectivity index (χ0) is 17.9. The summed E-state index contributed by atoms with van der Waals surface area (Å²) < 4.78 is 10.5. The topological polar surface area (TPSA) is 72.9 Å². The third-order valence-corrected chi connectivity index (χ3v) is 6.73. The molecule has 2 aliphatic heterocycles. The van der Waals surface area contributed by atoms with Crippen molar-refractivity contribution < 1.29 is 23.9 Å². The number of likely N-dealkylation sites (tertiary alicyclic amines) is 1. The lowest BCUT2D eigenvalue weighted by atomic mass is 9.68. The lowest BCUT2D eigenvalue weighted by molar-refractivity contribution is -0.148. The average Bonchev–Trinajstić information content (AvgIpc) is 2.97. The van der Waals surface area contributed by atoms with Crippen LogP contribution in [0.25, 0.3) is 0 Å². The van der Waals surface area contributed by atoms with Crippen LogP contribution >= 0.6 is 15.9 Å². The maximum atomic E-state index is 13.0. The summed E-state index contributed by atoms with van der Waals surface area (Å²) in [5, 5.41) is 0. The fourth-order valence-corrected chi connectivity index (χ4v) is 5.47. The number of esters is 1. The number of hydrogen-bond donors (Lipinski definition) is 0. The van der Waals surface area contributed by atoms with Crippen molar-refractivity contribution in [3.63, 3.8) is 0 Å². The highest BCUT2D eigenvalue weighted by Crippen LogP contribution is 2.52. The fraction of sp³-hybridized carbons (Fsp3) is 0.500. The molecule has 25 heavy (non-hydrogen) atoms. The number of nitrogens with zero attached hydrogens (tertiary/aromatic N) is 1. The third kappa shape index (κ3) is 2.32. The number of hydrogen-bond acceptors (Lipinski definition) is 5. The number of imide groups is 1. The van der Waals surface area contributed by atoms with Crippen molar-refractivity contribution in [2.24, 2.45) is 23.7 Å². The van der Waals surface area contributed by atoms with Crippen LogP contribution in [0.3, 0.4) is 0 Å². The zero-order valence-electron chi connectivity index (χ0n) is 13.8. The zero-order valence-corrected chi connectivity index (χ0v) is 15.4. The molecular formula is C18H18BrNO5. The Balaban J connectivity index is 1.63. The highest BCUT2D eigenvalue weighted by Gasteiger charge is 2.66. The van der Waals surface area contributed by atoms with Crippen LogP contribution in [0.5, 0.6) is 5.75 Å². The molecule has 2 saturated heterocycles. The van der Waals surface area contributed by atoms with Gasteiger partial charge in [-0.05, 0) is 17.7 Å². The molecule has 4 rings (SSSR count). The van der Waals surface area contributed by atoms with Gasteiger partial charge in [-0.2, -0.15) is 0 Å². The van der Waals surface area contributed by atoms with Gasteiger partial charge >= 0.3 is 5.97 Å². The van der Waals surface area contributed by atoms with Crippen molar-refractivity contribution in [3.8, 4) is 5.75 Å². The van der Waals surface area contributed by atoms with E-state index in [0.29, 0.717) is 5.75 Å². The van der Waals surface area contributed by atoms with Crippen molar-refractivity contribution in [1.29, 1.82) is 0 Å². The van der Waals surface area contributed by atoms with E-state index in [0.717, 1.165) is 5.56 Å². The summed E-state index contributed by atoms with van der Waals surface area (Å²) in [7, 11) is 1.58. The lowest BCUT2D eigenvalue weighted by Crippen LogP contribution is -2.46. The lowest BCUT2D eigenvalue weighted by Gasteiger charge is -2.33. The smallest absolute Gasteiger partial charge is 0.310 e. The largest absolute Gasteiger partial charge is 0.497 e. The van der Waals surface area contributed by atoms with E-state index in [2.05, 4.69) is 15.9 Å². The molecule has 0 N–H and O–H groups in total. The maximum Gasteiger partial charge on any atom is 0.310 e. The first-order valence-corrected chi connectivity index (χ1v) is 9.18. The molecule has 1 aromatic rings. The van der Waals surface area contributed by atoms with Crippen LogP contribution in [0, 0.1) is 23.7 Å². The molecule has 0 spiro atoms. The molecule has 3 aliphatic rings. The van der Waals surface area contributed by atoms with Gasteiger partial charge in [0.05, 0.1) is 36.2 Å². The molecule has 6 nitrogen and oxygen atoms in total. The predicted molar refractivity (Wildman–Crippen MR) is 90.8 cm³/mol. The number of methoxy groups -OCH3 is 1. The highest BCUT2D eigenvalue weighted by molar-refractivity contribution is 9.09. The van der Waals surface area contributed by atoms with E-state index in [9.17, 15) is 14.4 Å². The molecule has 2 amide bonds. The average molecular weight is 408 g/mol. The Bertz CT molecular complexity index is 748. The molecule has 1 aliphatic carbocycles. The molecule has 2 heterocycles. The predicted octanol–water partition coefficient (Wildman–Crippen LogP) is 1.75. The van der Waals surface area contributed by atoms with Gasteiger partial charge in [-0.1, -0.05) is 35.0 Å². The van der Waals surface area contributed by atoms with Crippen LogP contribution in [-0.2, 0) is 25.7 Å². The van der Waals surface area contributed by atoms with Gasteiger partial charge in [0, 0.05) is 5.92 Å². The van der Waals surface area contributed by atoms with Crippen LogP contribution in [0.1, 0.15) is 12.5 Å². The van der Waals surface area contributed by atoms with Crippen molar-refractivity contribution in [2.45, 2.75) is 24.4 Å². The van der Waals surface area contributed by atoms with Gasteiger partial charge < -0.3 is 9.47 Å². The summed E-state index contributed by atoms with van der Waals surface area (Å²) >= 11 is 3.52. The number of alkyl halides is 1. The van der Waals surface area contributed by atoms with Crippen molar-refractivity contribution in [1.82, 2.24) is 4.90 Å². The van der Waals surface area contributed by atoms with Gasteiger partial charge in [0.1, 0.15) is 11.9 Å². The van der Waals surface area contributed by atoms with E-state index in [4.69, 9.17) is 9.47 Å². The molecular weight excluding hydrogens is 390 g/mol. The van der Waals surface area contributed by atoms with Gasteiger partial charge in [-0.15, -0.1) is 0 Å². The number of carbonyl (C=O) groups is 3. The summed E-state index contributed by atoms with van der Waals surface area (Å²) in [5.74, 6) is -1.91. The summed E-state index contributed by atoms with van der Waals surface area (Å²) in [6, 6.07) is 7.25. The molecule has 1 aromatic carbocycles. The second-order valence-corrected chi connectivity index (χ2v) is 7.95. The van der Waals surface area contributed by atoms with Crippen LogP contribution in [0.4, 0.5) is 0 Å². The molecule has 132 valence electrons. The summed E-state index contributed by atoms with van der Waals surface area (Å²) in [6.07, 6.45) is -0.351. The van der Waals surface area contributed by atoms with Gasteiger partial charge in [0.15, 0.2) is 0 Å². The van der Waals surface area contributed by atoms with Crippen LogP contribution in [0.2, 0.25) is 0 Å². The van der Waals surface area contributed by atoms with E-state index in [1.54, 1.807) is 19.2 Å². The number of rotatable bonds is 3. The Morgan fingerprint density at radius 3 is 2.36 bits per heavy atom. The molecule has 1 saturated carbocycles. The normalized spacial score (nSPS) is 36.4. The fourth-order valence-electron chi connectivity index (χ4n) is 4.33.